The summed E-state index contributed by atoms with van der Waals surface area (Å²) in [6, 6.07) is 0.118. The van der Waals surface area contributed by atoms with E-state index in [2.05, 4.69) is 12.2 Å². The van der Waals surface area contributed by atoms with E-state index in [1.165, 1.54) is 0 Å². The molecule has 1 heterocycles. The summed E-state index contributed by atoms with van der Waals surface area (Å²) < 4.78 is 0. The van der Waals surface area contributed by atoms with Crippen LogP contribution in [0.25, 0.3) is 0 Å². The molecule has 0 aromatic carbocycles. The Balaban J connectivity index is 2.05. The molecule has 96 valence electrons. The van der Waals surface area contributed by atoms with Crippen LogP contribution in [0.1, 0.15) is 46.0 Å². The zero-order chi connectivity index (χ0) is 12.4. The largest absolute Gasteiger partial charge is 0.344 e. The third kappa shape index (κ3) is 2.61. The molecule has 17 heavy (non-hydrogen) atoms. The van der Waals surface area contributed by atoms with Crippen molar-refractivity contribution in [3.05, 3.63) is 0 Å². The minimum absolute atomic E-state index is 0.0213. The number of nitrogens with zero attached hydrogens (tertiary/aromatic N) is 1. The summed E-state index contributed by atoms with van der Waals surface area (Å²) in [5, 5.41) is 2.84. The van der Waals surface area contributed by atoms with Gasteiger partial charge in [-0.1, -0.05) is 26.7 Å². The molecule has 1 aliphatic carbocycles. The summed E-state index contributed by atoms with van der Waals surface area (Å²) in [6.07, 6.45) is 4.39. The third-order valence-corrected chi connectivity index (χ3v) is 3.88. The van der Waals surface area contributed by atoms with Gasteiger partial charge in [-0.2, -0.15) is 0 Å². The molecule has 1 saturated carbocycles. The first-order chi connectivity index (χ1) is 8.17. The maximum atomic E-state index is 12.3. The van der Waals surface area contributed by atoms with Gasteiger partial charge in [0.15, 0.2) is 0 Å². The molecule has 2 aliphatic rings. The Hall–Kier alpha value is -1.06. The van der Waals surface area contributed by atoms with Crippen LogP contribution in [0.4, 0.5) is 0 Å². The van der Waals surface area contributed by atoms with Crippen molar-refractivity contribution in [1.82, 2.24) is 10.2 Å². The van der Waals surface area contributed by atoms with Crippen molar-refractivity contribution in [3.63, 3.8) is 0 Å². The van der Waals surface area contributed by atoms with Crippen LogP contribution in [0.15, 0.2) is 0 Å². The molecule has 0 aromatic heterocycles. The lowest BCUT2D eigenvalue weighted by Crippen LogP contribution is -2.45. The average molecular weight is 238 g/mol. The van der Waals surface area contributed by atoms with Crippen LogP contribution >= 0.6 is 0 Å². The van der Waals surface area contributed by atoms with Crippen LogP contribution < -0.4 is 5.32 Å². The van der Waals surface area contributed by atoms with Gasteiger partial charge in [-0.05, 0) is 18.8 Å². The maximum Gasteiger partial charge on any atom is 0.245 e. The summed E-state index contributed by atoms with van der Waals surface area (Å²) in [5.74, 6) is 0.820. The molecular formula is C13H22N2O2. The molecule has 0 aromatic rings. The number of carbonyl (C=O) groups is 2. The summed E-state index contributed by atoms with van der Waals surface area (Å²) in [7, 11) is 0. The lowest BCUT2D eigenvalue weighted by molar-refractivity contribution is -0.134. The molecule has 3 atom stereocenters. The number of amides is 2. The van der Waals surface area contributed by atoms with Gasteiger partial charge in [0.2, 0.25) is 11.8 Å². The van der Waals surface area contributed by atoms with Gasteiger partial charge in [-0.15, -0.1) is 0 Å². The first kappa shape index (κ1) is 12.4. The highest BCUT2D eigenvalue weighted by Gasteiger charge is 2.44. The van der Waals surface area contributed by atoms with Crippen molar-refractivity contribution in [2.45, 2.75) is 58.0 Å². The smallest absolute Gasteiger partial charge is 0.245 e. The van der Waals surface area contributed by atoms with Gasteiger partial charge in [0.25, 0.3) is 0 Å². The fraction of sp³-hybridized carbons (Fsp3) is 0.846. The molecule has 1 aliphatic heterocycles. The highest BCUT2D eigenvalue weighted by Crippen LogP contribution is 2.39. The summed E-state index contributed by atoms with van der Waals surface area (Å²) >= 11 is 0. The Bertz CT molecular complexity index is 317. The minimum atomic E-state index is -0.284. The van der Waals surface area contributed by atoms with E-state index in [9.17, 15) is 9.59 Å². The summed E-state index contributed by atoms with van der Waals surface area (Å²) in [6.45, 7) is 4.81. The van der Waals surface area contributed by atoms with E-state index >= 15 is 0 Å². The van der Waals surface area contributed by atoms with Crippen LogP contribution in [0, 0.1) is 5.92 Å². The predicted molar refractivity (Wildman–Crippen MR) is 65.4 cm³/mol. The average Bonchev–Trinajstić information content (AvgIpc) is 3.07. The van der Waals surface area contributed by atoms with Gasteiger partial charge >= 0.3 is 0 Å². The van der Waals surface area contributed by atoms with Crippen LogP contribution in [-0.4, -0.2) is 35.3 Å². The number of rotatable bonds is 4. The van der Waals surface area contributed by atoms with E-state index in [-0.39, 0.29) is 17.9 Å². The lowest BCUT2D eigenvalue weighted by Gasteiger charge is -2.24. The molecule has 4 nitrogen and oxygen atoms in total. The van der Waals surface area contributed by atoms with Crippen molar-refractivity contribution in [2.75, 3.05) is 6.54 Å². The summed E-state index contributed by atoms with van der Waals surface area (Å²) in [4.78, 5) is 25.8. The van der Waals surface area contributed by atoms with Gasteiger partial charge in [-0.3, -0.25) is 9.59 Å². The Morgan fingerprint density at radius 1 is 1.35 bits per heavy atom. The molecule has 0 spiro atoms. The zero-order valence-corrected chi connectivity index (χ0v) is 10.7. The van der Waals surface area contributed by atoms with Crippen LogP contribution in [0.3, 0.4) is 0 Å². The van der Waals surface area contributed by atoms with E-state index in [1.54, 1.807) is 0 Å². The molecule has 0 radical (unpaired) electrons. The number of carbonyl (C=O) groups excluding carboxylic acids is 2. The Labute approximate surface area is 103 Å². The van der Waals surface area contributed by atoms with Gasteiger partial charge in [0, 0.05) is 19.0 Å². The standard InChI is InChI=1S/C13H22N2O2/c1-3-5-10-13(17)15(7-6-12(16)14-10)11-8-9(11)4-2/h9-11H,3-8H2,1-2H3,(H,14,16). The van der Waals surface area contributed by atoms with E-state index < -0.39 is 0 Å². The van der Waals surface area contributed by atoms with Gasteiger partial charge in [-0.25, -0.2) is 0 Å². The van der Waals surface area contributed by atoms with Crippen LogP contribution in [0.2, 0.25) is 0 Å². The Morgan fingerprint density at radius 2 is 2.12 bits per heavy atom. The van der Waals surface area contributed by atoms with Crippen LogP contribution in [-0.2, 0) is 9.59 Å². The first-order valence-electron chi connectivity index (χ1n) is 6.77. The van der Waals surface area contributed by atoms with E-state index in [0.29, 0.717) is 24.9 Å². The topological polar surface area (TPSA) is 49.4 Å². The molecule has 1 saturated heterocycles. The number of hydrogen-bond donors (Lipinski definition) is 1. The van der Waals surface area contributed by atoms with Gasteiger partial charge in [0.1, 0.15) is 6.04 Å². The first-order valence-corrected chi connectivity index (χ1v) is 6.77. The van der Waals surface area contributed by atoms with Crippen molar-refractivity contribution >= 4 is 11.8 Å². The summed E-state index contributed by atoms with van der Waals surface area (Å²) in [5.41, 5.74) is 0. The Kier molecular flexibility index (Phi) is 3.69. The highest BCUT2D eigenvalue weighted by atomic mass is 16.2. The second-order valence-electron chi connectivity index (χ2n) is 5.16. The van der Waals surface area contributed by atoms with E-state index in [0.717, 1.165) is 25.7 Å². The third-order valence-electron chi connectivity index (χ3n) is 3.88. The highest BCUT2D eigenvalue weighted by molar-refractivity contribution is 5.90. The molecule has 2 amide bonds. The van der Waals surface area contributed by atoms with E-state index in [4.69, 9.17) is 0 Å². The quantitative estimate of drug-likeness (QED) is 0.802. The van der Waals surface area contributed by atoms with Gasteiger partial charge < -0.3 is 10.2 Å². The van der Waals surface area contributed by atoms with Crippen LogP contribution in [0.5, 0.6) is 0 Å². The number of hydrogen-bond acceptors (Lipinski definition) is 2. The molecule has 2 fully saturated rings. The van der Waals surface area contributed by atoms with Crippen molar-refractivity contribution < 1.29 is 9.59 Å². The molecule has 4 heteroatoms. The normalized spacial score (nSPS) is 33.3. The SMILES string of the molecule is CCCC1NC(=O)CCN(C2CC2CC)C1=O. The second-order valence-corrected chi connectivity index (χ2v) is 5.16. The molecule has 1 N–H and O–H groups in total. The van der Waals surface area contributed by atoms with Crippen molar-refractivity contribution in [2.24, 2.45) is 5.92 Å². The fourth-order valence-electron chi connectivity index (χ4n) is 2.73. The minimum Gasteiger partial charge on any atom is -0.344 e. The molecule has 2 rings (SSSR count). The van der Waals surface area contributed by atoms with Gasteiger partial charge in [0.05, 0.1) is 0 Å². The maximum absolute atomic E-state index is 12.3. The lowest BCUT2D eigenvalue weighted by atomic mass is 10.1. The van der Waals surface area contributed by atoms with Crippen molar-refractivity contribution in [3.8, 4) is 0 Å². The molecule has 0 bridgehead atoms. The Morgan fingerprint density at radius 3 is 2.71 bits per heavy atom. The molecule has 3 unspecified atom stereocenters. The monoisotopic (exact) mass is 238 g/mol. The van der Waals surface area contributed by atoms with Crippen molar-refractivity contribution in [1.29, 1.82) is 0 Å². The second kappa shape index (κ2) is 5.07. The predicted octanol–water partition coefficient (Wildman–Crippen LogP) is 1.30. The molecular weight excluding hydrogens is 216 g/mol. The number of nitrogens with one attached hydrogen (secondary N) is 1. The fourth-order valence-corrected chi connectivity index (χ4v) is 2.73. The zero-order valence-electron chi connectivity index (χ0n) is 10.7. The van der Waals surface area contributed by atoms with E-state index in [1.807, 2.05) is 11.8 Å².